The highest BCUT2D eigenvalue weighted by atomic mass is 16.5. The molecule has 148 valence electrons. The second-order valence-corrected chi connectivity index (χ2v) is 6.49. The first-order chi connectivity index (χ1) is 13.9. The third-order valence-electron chi connectivity index (χ3n) is 4.32. The summed E-state index contributed by atoms with van der Waals surface area (Å²) in [5.74, 6) is -0.555. The number of phenols is 1. The van der Waals surface area contributed by atoms with E-state index < -0.39 is 12.1 Å². The van der Waals surface area contributed by atoms with Crippen LogP contribution in [-0.2, 0) is 11.3 Å². The summed E-state index contributed by atoms with van der Waals surface area (Å²) < 4.78 is 7.21. The van der Waals surface area contributed by atoms with Crippen LogP contribution in [0.4, 0.5) is 0 Å². The Hall–Kier alpha value is -3.80. The molecule has 3 aromatic rings. The van der Waals surface area contributed by atoms with Crippen LogP contribution in [0.5, 0.6) is 11.5 Å². The number of ether oxygens (including phenoxy) is 1. The van der Waals surface area contributed by atoms with Gasteiger partial charge in [0.2, 0.25) is 5.78 Å². The summed E-state index contributed by atoms with van der Waals surface area (Å²) in [4.78, 5) is 23.6. The van der Waals surface area contributed by atoms with Crippen molar-refractivity contribution in [2.75, 3.05) is 0 Å². The number of nitrogens with zero attached hydrogens (tertiary/aromatic N) is 1. The molecule has 1 heterocycles. The van der Waals surface area contributed by atoms with E-state index in [9.17, 15) is 14.7 Å². The standard InChI is InChI=1S/C23H21NO5/c1-16(23(27)28)29-20-7-2-5-17(15-20)6-3-13-24-14-4-8-21(24)22(26)18-9-11-19(25)12-10-18/h2-12,14-16,25H,13H2,1H3,(H,27,28)/t16-/m0/s1. The minimum atomic E-state index is -1.02. The molecule has 3 rings (SSSR count). The summed E-state index contributed by atoms with van der Waals surface area (Å²) in [6, 6.07) is 16.9. The molecule has 0 unspecified atom stereocenters. The van der Waals surface area contributed by atoms with Gasteiger partial charge in [0, 0.05) is 18.3 Å². The van der Waals surface area contributed by atoms with Gasteiger partial charge in [-0.25, -0.2) is 4.79 Å². The van der Waals surface area contributed by atoms with Gasteiger partial charge in [0.25, 0.3) is 0 Å². The number of allylic oxidation sites excluding steroid dienone is 1. The molecule has 29 heavy (non-hydrogen) atoms. The summed E-state index contributed by atoms with van der Waals surface area (Å²) >= 11 is 0. The highest BCUT2D eigenvalue weighted by Gasteiger charge is 2.13. The lowest BCUT2D eigenvalue weighted by molar-refractivity contribution is -0.144. The Morgan fingerprint density at radius 2 is 1.86 bits per heavy atom. The number of aromatic hydroxyl groups is 1. The average Bonchev–Trinajstić information content (AvgIpc) is 3.17. The van der Waals surface area contributed by atoms with E-state index in [0.29, 0.717) is 23.6 Å². The summed E-state index contributed by atoms with van der Waals surface area (Å²) in [6.45, 7) is 1.96. The number of carboxylic acids is 1. The minimum Gasteiger partial charge on any atom is -0.508 e. The van der Waals surface area contributed by atoms with Crippen molar-refractivity contribution in [3.05, 3.63) is 89.8 Å². The van der Waals surface area contributed by atoms with Gasteiger partial charge >= 0.3 is 5.97 Å². The van der Waals surface area contributed by atoms with E-state index in [1.54, 1.807) is 36.4 Å². The Morgan fingerprint density at radius 3 is 2.59 bits per heavy atom. The predicted molar refractivity (Wildman–Crippen MR) is 109 cm³/mol. The molecule has 0 spiro atoms. The number of hydrogen-bond acceptors (Lipinski definition) is 4. The zero-order valence-electron chi connectivity index (χ0n) is 15.9. The number of hydrogen-bond donors (Lipinski definition) is 2. The fourth-order valence-corrected chi connectivity index (χ4v) is 2.79. The smallest absolute Gasteiger partial charge is 0.344 e. The van der Waals surface area contributed by atoms with Crippen LogP contribution in [-0.4, -0.2) is 32.6 Å². The monoisotopic (exact) mass is 391 g/mol. The lowest BCUT2D eigenvalue weighted by atomic mass is 10.1. The molecule has 0 radical (unpaired) electrons. The van der Waals surface area contributed by atoms with Crippen molar-refractivity contribution >= 4 is 17.8 Å². The average molecular weight is 391 g/mol. The van der Waals surface area contributed by atoms with Gasteiger partial charge in [-0.15, -0.1) is 0 Å². The van der Waals surface area contributed by atoms with E-state index in [1.807, 2.05) is 35.0 Å². The second kappa shape index (κ2) is 8.93. The maximum absolute atomic E-state index is 12.7. The molecule has 1 atom stereocenters. The van der Waals surface area contributed by atoms with Crippen LogP contribution in [0, 0.1) is 0 Å². The van der Waals surface area contributed by atoms with Gasteiger partial charge in [-0.05, 0) is 61.0 Å². The summed E-state index contributed by atoms with van der Waals surface area (Å²) in [5.41, 5.74) is 1.91. The topological polar surface area (TPSA) is 88.8 Å². The van der Waals surface area contributed by atoms with Gasteiger partial charge in [-0.1, -0.05) is 24.3 Å². The molecule has 2 aromatic carbocycles. The van der Waals surface area contributed by atoms with E-state index in [-0.39, 0.29) is 11.5 Å². The Labute approximate surface area is 168 Å². The number of benzene rings is 2. The zero-order chi connectivity index (χ0) is 20.8. The molecule has 1 aromatic heterocycles. The van der Waals surface area contributed by atoms with Crippen LogP contribution in [0.3, 0.4) is 0 Å². The zero-order valence-corrected chi connectivity index (χ0v) is 15.9. The molecule has 0 fully saturated rings. The number of ketones is 1. The predicted octanol–water partition coefficient (Wildman–Crippen LogP) is 3.99. The lowest BCUT2D eigenvalue weighted by Gasteiger charge is -2.10. The number of phenolic OH excluding ortho intramolecular Hbond substituents is 1. The number of aromatic nitrogens is 1. The number of aliphatic carboxylic acids is 1. The number of carboxylic acid groups (broad SMARTS) is 1. The lowest BCUT2D eigenvalue weighted by Crippen LogP contribution is -2.22. The third-order valence-corrected chi connectivity index (χ3v) is 4.32. The molecular weight excluding hydrogens is 370 g/mol. The molecule has 0 saturated carbocycles. The largest absolute Gasteiger partial charge is 0.508 e. The fraction of sp³-hybridized carbons (Fsp3) is 0.130. The highest BCUT2D eigenvalue weighted by molar-refractivity contribution is 6.08. The van der Waals surface area contributed by atoms with Gasteiger partial charge in [0.1, 0.15) is 11.5 Å². The van der Waals surface area contributed by atoms with Gasteiger partial charge in [0.15, 0.2) is 6.10 Å². The van der Waals surface area contributed by atoms with E-state index in [1.165, 1.54) is 19.1 Å². The summed E-state index contributed by atoms with van der Waals surface area (Å²) in [6.07, 6.45) is 4.69. The Bertz CT molecular complexity index is 1030. The van der Waals surface area contributed by atoms with Crippen LogP contribution in [0.25, 0.3) is 6.08 Å². The van der Waals surface area contributed by atoms with Crippen LogP contribution in [0.1, 0.15) is 28.5 Å². The van der Waals surface area contributed by atoms with Crippen molar-refractivity contribution < 1.29 is 24.5 Å². The quantitative estimate of drug-likeness (QED) is 0.567. The maximum atomic E-state index is 12.7. The molecule has 0 aliphatic rings. The molecular formula is C23H21NO5. The minimum absolute atomic E-state index is 0.115. The molecule has 0 aliphatic carbocycles. The SMILES string of the molecule is C[C@H](Oc1cccc(C=CCn2cccc2C(=O)c2ccc(O)cc2)c1)C(=O)O. The van der Waals surface area contributed by atoms with Gasteiger partial charge in [0.05, 0.1) is 5.69 Å². The van der Waals surface area contributed by atoms with E-state index in [2.05, 4.69) is 0 Å². The van der Waals surface area contributed by atoms with Gasteiger partial charge in [-0.2, -0.15) is 0 Å². The molecule has 0 saturated heterocycles. The van der Waals surface area contributed by atoms with Crippen molar-refractivity contribution in [1.82, 2.24) is 4.57 Å². The maximum Gasteiger partial charge on any atom is 0.344 e. The van der Waals surface area contributed by atoms with Crippen molar-refractivity contribution in [3.8, 4) is 11.5 Å². The first-order valence-electron chi connectivity index (χ1n) is 9.09. The molecule has 0 aliphatic heterocycles. The summed E-state index contributed by atoms with van der Waals surface area (Å²) in [5, 5.41) is 18.3. The van der Waals surface area contributed by atoms with Crippen LogP contribution in [0.15, 0.2) is 72.9 Å². The Balaban J connectivity index is 1.69. The molecule has 6 heteroatoms. The van der Waals surface area contributed by atoms with Crippen molar-refractivity contribution in [3.63, 3.8) is 0 Å². The van der Waals surface area contributed by atoms with Crippen LogP contribution in [0.2, 0.25) is 0 Å². The van der Waals surface area contributed by atoms with Crippen molar-refractivity contribution in [2.45, 2.75) is 19.6 Å². The molecule has 0 amide bonds. The molecule has 6 nitrogen and oxygen atoms in total. The van der Waals surface area contributed by atoms with Gasteiger partial charge < -0.3 is 19.5 Å². The van der Waals surface area contributed by atoms with Crippen LogP contribution >= 0.6 is 0 Å². The van der Waals surface area contributed by atoms with Gasteiger partial charge in [-0.3, -0.25) is 4.79 Å². The molecule has 0 bridgehead atoms. The van der Waals surface area contributed by atoms with Crippen LogP contribution < -0.4 is 4.74 Å². The Morgan fingerprint density at radius 1 is 1.10 bits per heavy atom. The first-order valence-corrected chi connectivity index (χ1v) is 9.09. The van der Waals surface area contributed by atoms with E-state index >= 15 is 0 Å². The number of carbonyl (C=O) groups excluding carboxylic acids is 1. The first kappa shape index (κ1) is 19.9. The highest BCUT2D eigenvalue weighted by Crippen LogP contribution is 2.17. The fourth-order valence-electron chi connectivity index (χ4n) is 2.79. The van der Waals surface area contributed by atoms with E-state index in [0.717, 1.165) is 5.56 Å². The van der Waals surface area contributed by atoms with E-state index in [4.69, 9.17) is 9.84 Å². The second-order valence-electron chi connectivity index (χ2n) is 6.49. The summed E-state index contributed by atoms with van der Waals surface area (Å²) in [7, 11) is 0. The normalized spacial score (nSPS) is 12.0. The van der Waals surface area contributed by atoms with Crippen molar-refractivity contribution in [2.24, 2.45) is 0 Å². The van der Waals surface area contributed by atoms with Crippen molar-refractivity contribution in [1.29, 1.82) is 0 Å². The number of rotatable bonds is 8. The number of carbonyl (C=O) groups is 2. The molecule has 2 N–H and O–H groups in total. The Kier molecular flexibility index (Phi) is 6.14. The third kappa shape index (κ3) is 5.13.